The van der Waals surface area contributed by atoms with Gasteiger partial charge in [0, 0.05) is 25.7 Å². The molecule has 0 radical (unpaired) electrons. The first kappa shape index (κ1) is 18.3. The Bertz CT molecular complexity index is 759. The van der Waals surface area contributed by atoms with Crippen molar-refractivity contribution >= 4 is 15.9 Å². The minimum Gasteiger partial charge on any atom is -0.334 e. The lowest BCUT2D eigenvalue weighted by atomic mass is 10.1. The molecule has 2 aliphatic heterocycles. The lowest BCUT2D eigenvalue weighted by Crippen LogP contribution is -2.51. The number of sulfonamides is 1. The molecule has 8 nitrogen and oxygen atoms in total. The van der Waals surface area contributed by atoms with Crippen LogP contribution in [0.5, 0.6) is 0 Å². The number of nitrogens with zero attached hydrogens (tertiary/aromatic N) is 3. The third-order valence-electron chi connectivity index (χ3n) is 5.32. The smallest absolute Gasteiger partial charge is 0.244 e. The minimum absolute atomic E-state index is 0.140. The van der Waals surface area contributed by atoms with Crippen LogP contribution in [0.1, 0.15) is 37.6 Å². The highest BCUT2D eigenvalue weighted by Crippen LogP contribution is 2.29. The molecule has 2 aliphatic rings. The fourth-order valence-corrected chi connectivity index (χ4v) is 5.69. The molecule has 1 amide bonds. The molecule has 9 heteroatoms. The molecule has 140 valence electrons. The van der Waals surface area contributed by atoms with Crippen molar-refractivity contribution in [3.8, 4) is 0 Å². The Labute approximate surface area is 149 Å². The summed E-state index contributed by atoms with van der Waals surface area (Å²) in [7, 11) is -2.10. The predicted molar refractivity (Wildman–Crippen MR) is 93.6 cm³/mol. The van der Waals surface area contributed by atoms with E-state index < -0.39 is 16.1 Å². The number of hydrogen-bond donors (Lipinski definition) is 2. The standard InChI is InChI=1S/C16H27N5O3S/c1-10-15(12(3)20(4)18-10)25(23,24)19-11(2)16(22)21-13-5-6-14(21)9-17-8-7-13/h11,13-14,17,19H,5-9H2,1-4H3. The van der Waals surface area contributed by atoms with Crippen LogP contribution in [0.2, 0.25) is 0 Å². The van der Waals surface area contributed by atoms with Gasteiger partial charge in [0.25, 0.3) is 0 Å². The molecule has 0 saturated carbocycles. The monoisotopic (exact) mass is 369 g/mol. The molecule has 1 aromatic rings. The van der Waals surface area contributed by atoms with Crippen molar-refractivity contribution in [3.63, 3.8) is 0 Å². The summed E-state index contributed by atoms with van der Waals surface area (Å²) in [6.45, 7) is 6.68. The molecule has 2 fully saturated rings. The second-order valence-electron chi connectivity index (χ2n) is 7.09. The zero-order chi connectivity index (χ0) is 18.4. The Balaban J connectivity index is 1.79. The maximum Gasteiger partial charge on any atom is 0.244 e. The Morgan fingerprint density at radius 1 is 1.28 bits per heavy atom. The maximum atomic E-state index is 12.9. The predicted octanol–water partition coefficient (Wildman–Crippen LogP) is 0.0566. The van der Waals surface area contributed by atoms with Gasteiger partial charge in [-0.3, -0.25) is 9.48 Å². The van der Waals surface area contributed by atoms with Crippen LogP contribution in [-0.4, -0.2) is 60.2 Å². The van der Waals surface area contributed by atoms with Gasteiger partial charge in [-0.15, -0.1) is 0 Å². The largest absolute Gasteiger partial charge is 0.334 e. The van der Waals surface area contributed by atoms with E-state index in [1.54, 1.807) is 27.8 Å². The summed E-state index contributed by atoms with van der Waals surface area (Å²) in [4.78, 5) is 15.0. The number of fused-ring (bicyclic) bond motifs is 2. The van der Waals surface area contributed by atoms with Gasteiger partial charge in [0.05, 0.1) is 17.4 Å². The number of hydrogen-bond acceptors (Lipinski definition) is 5. The SMILES string of the molecule is Cc1nn(C)c(C)c1S(=O)(=O)NC(C)C(=O)N1C2CCNCC1CC2. The molecule has 2 bridgehead atoms. The van der Waals surface area contributed by atoms with Gasteiger partial charge in [0.1, 0.15) is 4.90 Å². The quantitative estimate of drug-likeness (QED) is 0.782. The summed E-state index contributed by atoms with van der Waals surface area (Å²) < 4.78 is 29.7. The van der Waals surface area contributed by atoms with Crippen LogP contribution in [0.15, 0.2) is 4.90 Å². The zero-order valence-electron chi connectivity index (χ0n) is 15.2. The molecule has 25 heavy (non-hydrogen) atoms. The van der Waals surface area contributed by atoms with E-state index in [0.717, 1.165) is 32.4 Å². The number of rotatable bonds is 4. The lowest BCUT2D eigenvalue weighted by Gasteiger charge is -2.30. The van der Waals surface area contributed by atoms with Gasteiger partial charge in [0.15, 0.2) is 0 Å². The van der Waals surface area contributed by atoms with Gasteiger partial charge in [-0.05, 0) is 46.6 Å². The topological polar surface area (TPSA) is 96.3 Å². The van der Waals surface area contributed by atoms with E-state index in [9.17, 15) is 13.2 Å². The lowest BCUT2D eigenvalue weighted by molar-refractivity contribution is -0.135. The number of amides is 1. The third kappa shape index (κ3) is 3.32. The summed E-state index contributed by atoms with van der Waals surface area (Å²) in [5, 5.41) is 7.51. The molecule has 3 atom stereocenters. The van der Waals surface area contributed by atoms with Gasteiger partial charge in [-0.2, -0.15) is 9.82 Å². The Morgan fingerprint density at radius 2 is 1.96 bits per heavy atom. The van der Waals surface area contributed by atoms with E-state index in [4.69, 9.17) is 0 Å². The van der Waals surface area contributed by atoms with E-state index in [1.165, 1.54) is 4.68 Å². The first-order valence-electron chi connectivity index (χ1n) is 8.77. The molecule has 0 aliphatic carbocycles. The van der Waals surface area contributed by atoms with Gasteiger partial charge in [-0.1, -0.05) is 0 Å². The highest BCUT2D eigenvalue weighted by Gasteiger charge is 2.40. The first-order valence-corrected chi connectivity index (χ1v) is 10.3. The van der Waals surface area contributed by atoms with Crippen molar-refractivity contribution in [2.75, 3.05) is 13.1 Å². The Morgan fingerprint density at radius 3 is 2.60 bits per heavy atom. The number of nitrogens with one attached hydrogen (secondary N) is 2. The summed E-state index contributed by atoms with van der Waals surface area (Å²) in [5.41, 5.74) is 0.995. The second-order valence-corrected chi connectivity index (χ2v) is 8.74. The van der Waals surface area contributed by atoms with E-state index in [0.29, 0.717) is 11.4 Å². The molecular weight excluding hydrogens is 342 g/mol. The van der Waals surface area contributed by atoms with Crippen molar-refractivity contribution in [1.82, 2.24) is 24.7 Å². The molecular formula is C16H27N5O3S. The van der Waals surface area contributed by atoms with E-state index in [1.807, 2.05) is 4.90 Å². The summed E-state index contributed by atoms with van der Waals surface area (Å²) in [5.74, 6) is -0.140. The van der Waals surface area contributed by atoms with Crippen molar-refractivity contribution < 1.29 is 13.2 Å². The molecule has 2 saturated heterocycles. The summed E-state index contributed by atoms with van der Waals surface area (Å²) in [6, 6.07) is -0.430. The molecule has 3 heterocycles. The molecule has 3 rings (SSSR count). The van der Waals surface area contributed by atoms with Gasteiger partial charge >= 0.3 is 0 Å². The first-order chi connectivity index (χ1) is 11.7. The average molecular weight is 369 g/mol. The zero-order valence-corrected chi connectivity index (χ0v) is 16.1. The summed E-state index contributed by atoms with van der Waals surface area (Å²) in [6.07, 6.45) is 2.89. The van der Waals surface area contributed by atoms with Crippen LogP contribution in [0, 0.1) is 13.8 Å². The summed E-state index contributed by atoms with van der Waals surface area (Å²) >= 11 is 0. The maximum absolute atomic E-state index is 12.9. The molecule has 0 spiro atoms. The number of aryl methyl sites for hydroxylation is 2. The van der Waals surface area contributed by atoms with E-state index in [2.05, 4.69) is 15.1 Å². The van der Waals surface area contributed by atoms with Crippen LogP contribution < -0.4 is 10.0 Å². The third-order valence-corrected chi connectivity index (χ3v) is 7.11. The number of aromatic nitrogens is 2. The molecule has 1 aromatic heterocycles. The van der Waals surface area contributed by atoms with Crippen molar-refractivity contribution in [3.05, 3.63) is 11.4 Å². The number of carbonyl (C=O) groups is 1. The molecule has 3 unspecified atom stereocenters. The second kappa shape index (κ2) is 6.69. The fourth-order valence-electron chi connectivity index (χ4n) is 4.05. The van der Waals surface area contributed by atoms with Crippen LogP contribution >= 0.6 is 0 Å². The van der Waals surface area contributed by atoms with Crippen LogP contribution in [0.3, 0.4) is 0 Å². The van der Waals surface area contributed by atoms with E-state index in [-0.39, 0.29) is 22.9 Å². The van der Waals surface area contributed by atoms with Gasteiger partial charge in [0.2, 0.25) is 15.9 Å². The number of carbonyl (C=O) groups excluding carboxylic acids is 1. The molecule has 2 N–H and O–H groups in total. The Hall–Kier alpha value is -1.45. The highest BCUT2D eigenvalue weighted by atomic mass is 32.2. The van der Waals surface area contributed by atoms with Gasteiger partial charge in [-0.25, -0.2) is 8.42 Å². The van der Waals surface area contributed by atoms with Crippen molar-refractivity contribution in [2.45, 2.75) is 63.1 Å². The molecule has 0 aromatic carbocycles. The van der Waals surface area contributed by atoms with Crippen molar-refractivity contribution in [2.24, 2.45) is 7.05 Å². The highest BCUT2D eigenvalue weighted by molar-refractivity contribution is 7.89. The van der Waals surface area contributed by atoms with Crippen LogP contribution in [0.4, 0.5) is 0 Å². The Kier molecular flexibility index (Phi) is 4.91. The normalized spacial score (nSPS) is 25.0. The van der Waals surface area contributed by atoms with Crippen LogP contribution in [-0.2, 0) is 21.9 Å². The van der Waals surface area contributed by atoms with E-state index >= 15 is 0 Å². The fraction of sp³-hybridized carbons (Fsp3) is 0.750. The van der Waals surface area contributed by atoms with Crippen LogP contribution in [0.25, 0.3) is 0 Å². The van der Waals surface area contributed by atoms with Crippen molar-refractivity contribution in [1.29, 1.82) is 0 Å². The van der Waals surface area contributed by atoms with Gasteiger partial charge < -0.3 is 10.2 Å². The average Bonchev–Trinajstić information content (AvgIpc) is 2.92. The minimum atomic E-state index is -3.80.